The molecule has 1 saturated heterocycles. The van der Waals surface area contributed by atoms with Gasteiger partial charge in [-0.2, -0.15) is 0 Å². The van der Waals surface area contributed by atoms with Crippen molar-refractivity contribution in [2.24, 2.45) is 5.92 Å². The summed E-state index contributed by atoms with van der Waals surface area (Å²) in [5, 5.41) is 10.2. The highest BCUT2D eigenvalue weighted by Gasteiger charge is 2.22. The molecule has 0 amide bonds. The van der Waals surface area contributed by atoms with Crippen LogP contribution in [0.5, 0.6) is 11.5 Å². The van der Waals surface area contributed by atoms with Crippen LogP contribution in [0.4, 0.5) is 4.39 Å². The maximum absolute atomic E-state index is 13.8. The predicted molar refractivity (Wildman–Crippen MR) is 110 cm³/mol. The number of methoxy groups -OCH3 is 1. The second kappa shape index (κ2) is 9.89. The Kier molecular flexibility index (Phi) is 7.29. The largest absolute Gasteiger partial charge is 0.507 e. The number of benzene rings is 2. The topological polar surface area (TPSA) is 35.9 Å². The summed E-state index contributed by atoms with van der Waals surface area (Å²) >= 11 is 0. The number of ether oxygens (including phenoxy) is 1. The summed E-state index contributed by atoms with van der Waals surface area (Å²) in [5.41, 5.74) is 1.63. The summed E-state index contributed by atoms with van der Waals surface area (Å²) in [6.45, 7) is 4.64. The normalized spacial score (nSPS) is 17.8. The first kappa shape index (κ1) is 20.6. The molecule has 0 unspecified atom stereocenters. The number of hydrogen-bond donors (Lipinski definition) is 1. The Bertz CT molecular complexity index is 768. The fourth-order valence-corrected chi connectivity index (χ4v) is 4.16. The van der Waals surface area contributed by atoms with E-state index in [0.29, 0.717) is 12.5 Å². The molecule has 0 spiro atoms. The first-order valence-corrected chi connectivity index (χ1v) is 10.1. The average Bonchev–Trinajstić information content (AvgIpc) is 2.69. The number of phenols is 1. The Labute approximate surface area is 167 Å². The van der Waals surface area contributed by atoms with Gasteiger partial charge in [0.15, 0.2) is 0 Å². The lowest BCUT2D eigenvalue weighted by Gasteiger charge is -2.35. The number of likely N-dealkylation sites (tertiary alicyclic amines) is 1. The molecule has 1 N–H and O–H groups in total. The van der Waals surface area contributed by atoms with Crippen LogP contribution in [-0.2, 0) is 13.0 Å². The summed E-state index contributed by atoms with van der Waals surface area (Å²) in [6, 6.07) is 12.4. The lowest BCUT2D eigenvalue weighted by Crippen LogP contribution is -2.40. The summed E-state index contributed by atoms with van der Waals surface area (Å²) in [7, 11) is 3.72. The van der Waals surface area contributed by atoms with E-state index in [0.717, 1.165) is 49.5 Å². The quantitative estimate of drug-likeness (QED) is 0.746. The van der Waals surface area contributed by atoms with E-state index in [1.165, 1.54) is 18.9 Å². The minimum absolute atomic E-state index is 0.104. The van der Waals surface area contributed by atoms with Gasteiger partial charge in [-0.05, 0) is 62.5 Å². The van der Waals surface area contributed by atoms with E-state index in [4.69, 9.17) is 4.74 Å². The van der Waals surface area contributed by atoms with E-state index in [1.54, 1.807) is 25.3 Å². The Morgan fingerprint density at radius 3 is 2.82 bits per heavy atom. The number of rotatable bonds is 8. The molecule has 5 heteroatoms. The van der Waals surface area contributed by atoms with Gasteiger partial charge in [0, 0.05) is 31.7 Å². The molecule has 0 radical (unpaired) electrons. The van der Waals surface area contributed by atoms with Gasteiger partial charge in [-0.1, -0.05) is 24.3 Å². The van der Waals surface area contributed by atoms with Crippen LogP contribution in [0.25, 0.3) is 0 Å². The van der Waals surface area contributed by atoms with Crippen molar-refractivity contribution < 1.29 is 14.2 Å². The maximum Gasteiger partial charge on any atom is 0.127 e. The van der Waals surface area contributed by atoms with E-state index < -0.39 is 0 Å². The Morgan fingerprint density at radius 2 is 2.04 bits per heavy atom. The van der Waals surface area contributed by atoms with E-state index in [2.05, 4.69) is 16.8 Å². The summed E-state index contributed by atoms with van der Waals surface area (Å²) in [6.07, 6.45) is 3.14. The van der Waals surface area contributed by atoms with Crippen LogP contribution in [0.3, 0.4) is 0 Å². The molecule has 2 aromatic rings. The van der Waals surface area contributed by atoms with E-state index in [-0.39, 0.29) is 11.6 Å². The van der Waals surface area contributed by atoms with Gasteiger partial charge in [-0.15, -0.1) is 0 Å². The number of aromatic hydroxyl groups is 1. The maximum atomic E-state index is 13.8. The van der Waals surface area contributed by atoms with E-state index in [1.807, 2.05) is 18.2 Å². The Hall–Kier alpha value is -2.11. The Balaban J connectivity index is 1.51. The van der Waals surface area contributed by atoms with Gasteiger partial charge in [0.05, 0.1) is 7.11 Å². The minimum atomic E-state index is -0.104. The third-order valence-corrected chi connectivity index (χ3v) is 5.58. The fraction of sp³-hybridized carbons (Fsp3) is 0.478. The second-order valence-corrected chi connectivity index (χ2v) is 7.80. The van der Waals surface area contributed by atoms with Crippen molar-refractivity contribution in [2.75, 3.05) is 40.3 Å². The number of halogens is 1. The van der Waals surface area contributed by atoms with Crippen molar-refractivity contribution in [3.8, 4) is 11.5 Å². The second-order valence-electron chi connectivity index (χ2n) is 7.80. The van der Waals surface area contributed by atoms with Crippen molar-refractivity contribution in [1.82, 2.24) is 9.80 Å². The van der Waals surface area contributed by atoms with Crippen LogP contribution in [-0.4, -0.2) is 55.2 Å². The van der Waals surface area contributed by atoms with Crippen molar-refractivity contribution in [3.05, 3.63) is 59.4 Å². The monoisotopic (exact) mass is 386 g/mol. The standard InChI is InChI=1S/C23H31FN2O2/c1-25(17-20-22(27)10-5-11-23(20)28-2)15-18-7-6-13-26(16-18)14-12-19-8-3-4-9-21(19)24/h3-5,8-11,18,27H,6-7,12-17H2,1-2H3/t18-/m1/s1. The summed E-state index contributed by atoms with van der Waals surface area (Å²) < 4.78 is 19.2. The first-order chi connectivity index (χ1) is 13.6. The zero-order valence-corrected chi connectivity index (χ0v) is 16.9. The highest BCUT2D eigenvalue weighted by molar-refractivity contribution is 5.43. The molecule has 2 aromatic carbocycles. The molecule has 4 nitrogen and oxygen atoms in total. The molecule has 1 heterocycles. The highest BCUT2D eigenvalue weighted by atomic mass is 19.1. The fourth-order valence-electron chi connectivity index (χ4n) is 4.16. The van der Waals surface area contributed by atoms with Crippen LogP contribution in [0, 0.1) is 11.7 Å². The van der Waals surface area contributed by atoms with Crippen LogP contribution in [0.2, 0.25) is 0 Å². The molecule has 1 aliphatic rings. The number of phenolic OH excluding ortho intramolecular Hbond substituents is 1. The number of hydrogen-bond acceptors (Lipinski definition) is 4. The molecule has 1 atom stereocenters. The lowest BCUT2D eigenvalue weighted by atomic mass is 9.96. The van der Waals surface area contributed by atoms with Crippen LogP contribution < -0.4 is 4.74 Å². The van der Waals surface area contributed by atoms with Gasteiger partial charge in [0.2, 0.25) is 0 Å². The van der Waals surface area contributed by atoms with Gasteiger partial charge in [0.1, 0.15) is 17.3 Å². The molecule has 0 saturated carbocycles. The predicted octanol–water partition coefficient (Wildman–Crippen LogP) is 3.93. The smallest absolute Gasteiger partial charge is 0.127 e. The molecule has 1 aliphatic heterocycles. The first-order valence-electron chi connectivity index (χ1n) is 10.1. The average molecular weight is 387 g/mol. The van der Waals surface area contributed by atoms with Gasteiger partial charge in [-0.25, -0.2) is 4.39 Å². The summed E-state index contributed by atoms with van der Waals surface area (Å²) in [4.78, 5) is 4.71. The highest BCUT2D eigenvalue weighted by Crippen LogP contribution is 2.29. The third-order valence-electron chi connectivity index (χ3n) is 5.58. The molecular weight excluding hydrogens is 355 g/mol. The molecule has 3 rings (SSSR count). The van der Waals surface area contributed by atoms with Crippen LogP contribution in [0.1, 0.15) is 24.0 Å². The SMILES string of the molecule is COc1cccc(O)c1CN(C)C[C@H]1CCCN(CCc2ccccc2F)C1. The van der Waals surface area contributed by atoms with E-state index >= 15 is 0 Å². The van der Waals surface area contributed by atoms with Gasteiger partial charge in [0.25, 0.3) is 0 Å². The van der Waals surface area contributed by atoms with Crippen LogP contribution >= 0.6 is 0 Å². The molecular formula is C23H31FN2O2. The zero-order valence-electron chi connectivity index (χ0n) is 16.9. The molecule has 0 bridgehead atoms. The lowest BCUT2D eigenvalue weighted by molar-refractivity contribution is 0.141. The third kappa shape index (κ3) is 5.46. The van der Waals surface area contributed by atoms with E-state index in [9.17, 15) is 9.50 Å². The zero-order chi connectivity index (χ0) is 19.9. The van der Waals surface area contributed by atoms with Crippen molar-refractivity contribution >= 4 is 0 Å². The van der Waals surface area contributed by atoms with Gasteiger partial charge >= 0.3 is 0 Å². The molecule has 0 aromatic heterocycles. The van der Waals surface area contributed by atoms with Crippen LogP contribution in [0.15, 0.2) is 42.5 Å². The molecule has 28 heavy (non-hydrogen) atoms. The van der Waals surface area contributed by atoms with Crippen molar-refractivity contribution in [2.45, 2.75) is 25.8 Å². The number of nitrogens with zero attached hydrogens (tertiary/aromatic N) is 2. The molecule has 0 aliphatic carbocycles. The van der Waals surface area contributed by atoms with Gasteiger partial charge < -0.3 is 19.6 Å². The Morgan fingerprint density at radius 1 is 1.21 bits per heavy atom. The van der Waals surface area contributed by atoms with Crippen molar-refractivity contribution in [1.29, 1.82) is 0 Å². The van der Waals surface area contributed by atoms with Gasteiger partial charge in [-0.3, -0.25) is 0 Å². The molecule has 152 valence electrons. The molecule has 1 fully saturated rings. The summed E-state index contributed by atoms with van der Waals surface area (Å²) in [5.74, 6) is 1.48. The number of piperidine rings is 1. The minimum Gasteiger partial charge on any atom is -0.507 e. The van der Waals surface area contributed by atoms with Crippen molar-refractivity contribution in [3.63, 3.8) is 0 Å².